The average Bonchev–Trinajstić information content (AvgIpc) is 2.75. The summed E-state index contributed by atoms with van der Waals surface area (Å²) in [5.74, 6) is 0. The molecule has 0 aliphatic heterocycles. The zero-order valence-corrected chi connectivity index (χ0v) is 10.9. The maximum Gasteiger partial charge on any atom is 0.0886 e. The number of hydrogen-bond acceptors (Lipinski definition) is 1. The van der Waals surface area contributed by atoms with E-state index in [9.17, 15) is 5.11 Å². The molecule has 0 radical (unpaired) electrons. The Kier molecular flexibility index (Phi) is 2.77. The molecule has 3 rings (SSSR count). The predicted octanol–water partition coefficient (Wildman–Crippen LogP) is 3.69. The van der Waals surface area contributed by atoms with E-state index < -0.39 is 6.10 Å². The van der Waals surface area contributed by atoms with E-state index in [1.54, 1.807) is 0 Å². The molecule has 86 valence electrons. The molecule has 1 N–H and O–H groups in total. The van der Waals surface area contributed by atoms with Crippen molar-refractivity contribution < 1.29 is 5.11 Å². The van der Waals surface area contributed by atoms with Gasteiger partial charge in [-0.15, -0.1) is 0 Å². The number of halogens is 1. The molecule has 0 saturated heterocycles. The van der Waals surface area contributed by atoms with E-state index in [1.807, 2.05) is 6.07 Å². The van der Waals surface area contributed by atoms with E-state index in [0.29, 0.717) is 5.33 Å². The number of benzene rings is 2. The fourth-order valence-electron chi connectivity index (χ4n) is 2.46. The largest absolute Gasteiger partial charge is 0.388 e. The normalized spacial score (nSPS) is 14.2. The van der Waals surface area contributed by atoms with Crippen molar-refractivity contribution in [1.82, 2.24) is 0 Å². The lowest BCUT2D eigenvalue weighted by Gasteiger charge is -2.09. The highest BCUT2D eigenvalue weighted by molar-refractivity contribution is 9.09. The molecule has 0 saturated carbocycles. The first-order valence-corrected chi connectivity index (χ1v) is 6.87. The molecule has 2 aromatic rings. The Morgan fingerprint density at radius 1 is 1.06 bits per heavy atom. The highest BCUT2D eigenvalue weighted by Gasteiger charge is 2.18. The Bertz CT molecular complexity index is 563. The number of alkyl halides is 1. The fraction of sp³-hybridized carbons (Fsp3) is 0.200. The predicted molar refractivity (Wildman–Crippen MR) is 73.4 cm³/mol. The molecule has 1 atom stereocenters. The number of hydrogen-bond donors (Lipinski definition) is 1. The van der Waals surface area contributed by atoms with Gasteiger partial charge in [0.25, 0.3) is 0 Å². The molecule has 0 amide bonds. The van der Waals surface area contributed by atoms with Crippen molar-refractivity contribution in [2.45, 2.75) is 12.5 Å². The monoisotopic (exact) mass is 288 g/mol. The first kappa shape index (κ1) is 11.0. The standard InChI is InChI=1S/C15H13BrO/c16-9-15(17)11-5-6-14-12(8-11)7-10-3-1-2-4-13(10)14/h1-6,8,15,17H,7,9H2/t15-/m0/s1. The third-order valence-electron chi connectivity index (χ3n) is 3.35. The van der Waals surface area contributed by atoms with Gasteiger partial charge < -0.3 is 5.11 Å². The van der Waals surface area contributed by atoms with Crippen LogP contribution in [-0.4, -0.2) is 10.4 Å². The third kappa shape index (κ3) is 1.81. The van der Waals surface area contributed by atoms with Crippen molar-refractivity contribution in [2.75, 3.05) is 5.33 Å². The Morgan fingerprint density at radius 3 is 2.65 bits per heavy atom. The van der Waals surface area contributed by atoms with E-state index >= 15 is 0 Å². The minimum absolute atomic E-state index is 0.413. The highest BCUT2D eigenvalue weighted by atomic mass is 79.9. The van der Waals surface area contributed by atoms with Crippen LogP contribution >= 0.6 is 15.9 Å². The average molecular weight is 289 g/mol. The Hall–Kier alpha value is -1.12. The third-order valence-corrected chi connectivity index (χ3v) is 3.96. The van der Waals surface area contributed by atoms with Gasteiger partial charge in [0.1, 0.15) is 0 Å². The van der Waals surface area contributed by atoms with Crippen LogP contribution in [0.25, 0.3) is 11.1 Å². The van der Waals surface area contributed by atoms with Crippen molar-refractivity contribution >= 4 is 15.9 Å². The SMILES string of the molecule is O[C@@H](CBr)c1ccc2c(c1)Cc1ccccc1-2. The summed E-state index contributed by atoms with van der Waals surface area (Å²) in [7, 11) is 0. The van der Waals surface area contributed by atoms with Crippen LogP contribution in [0.5, 0.6) is 0 Å². The summed E-state index contributed by atoms with van der Waals surface area (Å²) in [6, 6.07) is 14.8. The van der Waals surface area contributed by atoms with Gasteiger partial charge in [-0.3, -0.25) is 0 Å². The Balaban J connectivity index is 2.07. The molecule has 1 aliphatic carbocycles. The maximum absolute atomic E-state index is 9.83. The minimum Gasteiger partial charge on any atom is -0.388 e. The van der Waals surface area contributed by atoms with Crippen LogP contribution in [0.3, 0.4) is 0 Å². The highest BCUT2D eigenvalue weighted by Crippen LogP contribution is 2.37. The van der Waals surface area contributed by atoms with Crippen molar-refractivity contribution in [3.63, 3.8) is 0 Å². The van der Waals surface area contributed by atoms with Crippen molar-refractivity contribution in [3.05, 3.63) is 59.2 Å². The van der Waals surface area contributed by atoms with E-state index in [0.717, 1.165) is 12.0 Å². The van der Waals surface area contributed by atoms with Crippen LogP contribution in [0.1, 0.15) is 22.8 Å². The van der Waals surface area contributed by atoms with Gasteiger partial charge in [-0.05, 0) is 34.2 Å². The van der Waals surface area contributed by atoms with Crippen LogP contribution < -0.4 is 0 Å². The van der Waals surface area contributed by atoms with Gasteiger partial charge in [-0.25, -0.2) is 0 Å². The van der Waals surface area contributed by atoms with Gasteiger partial charge in [-0.1, -0.05) is 58.4 Å². The molecule has 1 aliphatic rings. The first-order valence-electron chi connectivity index (χ1n) is 5.74. The van der Waals surface area contributed by atoms with Gasteiger partial charge in [0.15, 0.2) is 0 Å². The maximum atomic E-state index is 9.83. The van der Waals surface area contributed by atoms with Gasteiger partial charge in [0.2, 0.25) is 0 Å². The first-order chi connectivity index (χ1) is 8.29. The van der Waals surface area contributed by atoms with Gasteiger partial charge in [0.05, 0.1) is 6.10 Å². The zero-order valence-electron chi connectivity index (χ0n) is 9.36. The van der Waals surface area contributed by atoms with Crippen molar-refractivity contribution in [3.8, 4) is 11.1 Å². The molecular weight excluding hydrogens is 276 g/mol. The summed E-state index contributed by atoms with van der Waals surface area (Å²) in [6.45, 7) is 0. The summed E-state index contributed by atoms with van der Waals surface area (Å²) in [5, 5.41) is 10.4. The van der Waals surface area contributed by atoms with Crippen molar-refractivity contribution in [2.24, 2.45) is 0 Å². The van der Waals surface area contributed by atoms with E-state index in [-0.39, 0.29) is 0 Å². The topological polar surface area (TPSA) is 20.2 Å². The lowest BCUT2D eigenvalue weighted by Crippen LogP contribution is -1.98. The smallest absolute Gasteiger partial charge is 0.0886 e. The van der Waals surface area contributed by atoms with E-state index in [4.69, 9.17) is 0 Å². The van der Waals surface area contributed by atoms with Crippen LogP contribution in [0.4, 0.5) is 0 Å². The molecule has 0 spiro atoms. The quantitative estimate of drug-likeness (QED) is 0.713. The molecule has 1 nitrogen and oxygen atoms in total. The lowest BCUT2D eigenvalue weighted by atomic mass is 10.0. The van der Waals surface area contributed by atoms with Crippen LogP contribution in [0.2, 0.25) is 0 Å². The Morgan fingerprint density at radius 2 is 1.82 bits per heavy atom. The zero-order chi connectivity index (χ0) is 11.8. The van der Waals surface area contributed by atoms with E-state index in [1.165, 1.54) is 22.3 Å². The van der Waals surface area contributed by atoms with Gasteiger partial charge >= 0.3 is 0 Å². The number of rotatable bonds is 2. The van der Waals surface area contributed by atoms with Gasteiger partial charge in [-0.2, -0.15) is 0 Å². The summed E-state index contributed by atoms with van der Waals surface area (Å²) < 4.78 is 0. The summed E-state index contributed by atoms with van der Waals surface area (Å²) in [4.78, 5) is 0. The minimum atomic E-state index is -0.413. The van der Waals surface area contributed by atoms with E-state index in [2.05, 4.69) is 52.3 Å². The fourth-order valence-corrected chi connectivity index (χ4v) is 2.84. The molecule has 0 heterocycles. The molecular formula is C15H13BrO. The molecule has 2 heteroatoms. The van der Waals surface area contributed by atoms with Crippen molar-refractivity contribution in [1.29, 1.82) is 0 Å². The second-order valence-electron chi connectivity index (χ2n) is 4.42. The second kappa shape index (κ2) is 4.28. The molecule has 0 bridgehead atoms. The number of aliphatic hydroxyl groups is 1. The number of fused-ring (bicyclic) bond motifs is 3. The van der Waals surface area contributed by atoms with Crippen LogP contribution in [0, 0.1) is 0 Å². The Labute approximate surface area is 109 Å². The molecule has 0 fully saturated rings. The molecule has 2 aromatic carbocycles. The lowest BCUT2D eigenvalue weighted by molar-refractivity contribution is 0.205. The van der Waals surface area contributed by atoms with Crippen LogP contribution in [0.15, 0.2) is 42.5 Å². The molecule has 0 unspecified atom stereocenters. The summed E-state index contributed by atoms with van der Waals surface area (Å²) in [5.41, 5.74) is 6.35. The van der Waals surface area contributed by atoms with Gasteiger partial charge in [0, 0.05) is 5.33 Å². The second-order valence-corrected chi connectivity index (χ2v) is 5.07. The number of aliphatic hydroxyl groups excluding tert-OH is 1. The van der Waals surface area contributed by atoms with Crippen LogP contribution in [-0.2, 0) is 6.42 Å². The molecule has 0 aromatic heterocycles. The summed E-state index contributed by atoms with van der Waals surface area (Å²) >= 11 is 3.31. The summed E-state index contributed by atoms with van der Waals surface area (Å²) in [6.07, 6.45) is 0.568. The molecule has 17 heavy (non-hydrogen) atoms.